The van der Waals surface area contributed by atoms with E-state index in [1.165, 1.54) is 71.3 Å². The second-order valence-electron chi connectivity index (χ2n) is 24.7. The van der Waals surface area contributed by atoms with E-state index in [2.05, 4.69) is 63.2 Å². The SMILES string of the molecule is COC(=O)c1cc(OCc2cn([C@@H](Cc3ccc(O)cc3)C(=O)NCC(=O)NCC(=O)N[C@@H](Cc3ccccc3)C(=O)N[C@@H](CC(C)C)C(N)=O)nn2)cc(OCc2cn([C@@H](Cc3ccc(O)cc3)C(=O)NCC(=O)NCC(=O)N[C@@H](Cc3ccccc3)C(=O)N[C@@H](CC(C)C)C(N)=O)nn2)c1. The van der Waals surface area contributed by atoms with Crippen LogP contribution in [0, 0.1) is 11.8 Å². The molecule has 6 atom stereocenters. The maximum Gasteiger partial charge on any atom is 0.338 e. The van der Waals surface area contributed by atoms with E-state index in [-0.39, 0.29) is 104 Å². The third-order valence-corrected chi connectivity index (χ3v) is 15.5. The number of nitrogens with two attached hydrogens (primary N) is 2. The predicted molar refractivity (Wildman–Crippen MR) is 366 cm³/mol. The third kappa shape index (κ3) is 25.2. The molecule has 0 fully saturated rings. The quantitative estimate of drug-likeness (QED) is 0.0237. The number of amides is 10. The molecule has 0 saturated heterocycles. The summed E-state index contributed by atoms with van der Waals surface area (Å²) in [6.07, 6.45) is 3.48. The number of phenolic OH excluding ortho intramolecular Hbond substituents is 2. The lowest BCUT2D eigenvalue weighted by molar-refractivity contribution is -0.132. The molecule has 0 aliphatic rings. The molecule has 10 amide bonds. The summed E-state index contributed by atoms with van der Waals surface area (Å²) in [5.41, 5.74) is 14.1. The van der Waals surface area contributed by atoms with Gasteiger partial charge >= 0.3 is 5.97 Å². The van der Waals surface area contributed by atoms with Gasteiger partial charge in [-0.1, -0.05) is 123 Å². The normalized spacial score (nSPS) is 12.8. The van der Waals surface area contributed by atoms with E-state index in [1.807, 2.05) is 27.7 Å². The van der Waals surface area contributed by atoms with Crippen LogP contribution in [0.3, 0.4) is 0 Å². The Kier molecular flexibility index (Phi) is 28.9. The molecule has 7 aromatic rings. The fourth-order valence-electron chi connectivity index (χ4n) is 10.3. The Labute approximate surface area is 586 Å². The molecule has 32 heteroatoms. The Bertz CT molecular complexity index is 3780. The number of primary amides is 2. The van der Waals surface area contributed by atoms with Crippen molar-refractivity contribution >= 4 is 65.0 Å². The molecule has 540 valence electrons. The van der Waals surface area contributed by atoms with Crippen LogP contribution in [0.1, 0.15) is 96.6 Å². The number of aromatic nitrogens is 6. The molecule has 32 nitrogen and oxygen atoms in total. The van der Waals surface area contributed by atoms with Crippen molar-refractivity contribution < 1.29 is 77.2 Å². The molecule has 102 heavy (non-hydrogen) atoms. The van der Waals surface area contributed by atoms with Crippen LogP contribution in [-0.2, 0) is 91.6 Å². The fourth-order valence-corrected chi connectivity index (χ4v) is 10.3. The molecule has 7 rings (SSSR count). The summed E-state index contributed by atoms with van der Waals surface area (Å²) in [6, 6.07) is 27.4. The van der Waals surface area contributed by atoms with Crippen LogP contribution in [0.5, 0.6) is 23.0 Å². The van der Waals surface area contributed by atoms with Gasteiger partial charge in [-0.05, 0) is 83.3 Å². The molecular weight excluding hydrogens is 1320 g/mol. The molecule has 14 N–H and O–H groups in total. The Hall–Kier alpha value is -12.3. The van der Waals surface area contributed by atoms with E-state index in [9.17, 15) is 63.0 Å². The highest BCUT2D eigenvalue weighted by Gasteiger charge is 2.31. The lowest BCUT2D eigenvalue weighted by Crippen LogP contribution is -2.55. The summed E-state index contributed by atoms with van der Waals surface area (Å²) in [4.78, 5) is 145. The van der Waals surface area contributed by atoms with Crippen LogP contribution in [0.25, 0.3) is 0 Å². The molecule has 0 spiro atoms. The first-order valence-electron chi connectivity index (χ1n) is 32.6. The number of phenols is 2. The third-order valence-electron chi connectivity index (χ3n) is 15.5. The zero-order chi connectivity index (χ0) is 73.8. The van der Waals surface area contributed by atoms with E-state index in [1.54, 1.807) is 84.9 Å². The summed E-state index contributed by atoms with van der Waals surface area (Å²) >= 11 is 0. The van der Waals surface area contributed by atoms with Crippen LogP contribution >= 0.6 is 0 Å². The van der Waals surface area contributed by atoms with Crippen molar-refractivity contribution in [2.75, 3.05) is 33.3 Å². The van der Waals surface area contributed by atoms with Crippen molar-refractivity contribution in [2.45, 2.75) is 116 Å². The minimum Gasteiger partial charge on any atom is -0.508 e. The van der Waals surface area contributed by atoms with E-state index >= 15 is 0 Å². The smallest absolute Gasteiger partial charge is 0.338 e. The number of nitrogens with one attached hydrogen (secondary N) is 8. The number of benzene rings is 5. The molecule has 0 aliphatic carbocycles. The Morgan fingerprint density at radius 1 is 0.441 bits per heavy atom. The zero-order valence-corrected chi connectivity index (χ0v) is 56.8. The minimum atomic E-state index is -1.15. The van der Waals surface area contributed by atoms with Gasteiger partial charge in [-0.2, -0.15) is 0 Å². The van der Waals surface area contributed by atoms with E-state index in [0.29, 0.717) is 22.3 Å². The van der Waals surface area contributed by atoms with Gasteiger partial charge in [0.15, 0.2) is 0 Å². The molecule has 0 aliphatic heterocycles. The number of hydrogen-bond donors (Lipinski definition) is 12. The monoisotopic (exact) mass is 1400 g/mol. The topological polar surface area (TPSA) is 466 Å². The summed E-state index contributed by atoms with van der Waals surface area (Å²) in [5.74, 6) is -7.74. The molecule has 2 heterocycles. The van der Waals surface area contributed by atoms with Crippen molar-refractivity contribution in [3.05, 3.63) is 179 Å². The number of hydrogen-bond acceptors (Lipinski definition) is 20. The Morgan fingerprint density at radius 3 is 1.16 bits per heavy atom. The molecule has 0 bridgehead atoms. The van der Waals surface area contributed by atoms with Gasteiger partial charge in [0.25, 0.3) is 0 Å². The highest BCUT2D eigenvalue weighted by Crippen LogP contribution is 2.27. The van der Waals surface area contributed by atoms with Gasteiger partial charge < -0.3 is 78.4 Å². The summed E-state index contributed by atoms with van der Waals surface area (Å²) in [6.45, 7) is 4.54. The van der Waals surface area contributed by atoms with Crippen LogP contribution in [0.4, 0.5) is 0 Å². The second-order valence-corrected chi connectivity index (χ2v) is 24.7. The summed E-state index contributed by atoms with van der Waals surface area (Å²) in [5, 5.41) is 57.2. The highest BCUT2D eigenvalue weighted by atomic mass is 16.5. The standard InChI is InChI=1S/C70H84N16O16/c1-41(2)24-54(64(71)93)79-66(95)56(26-43-12-8-6-9-13-43)77-62(91)35-73-60(89)33-75-68(97)58(28-45-16-20-50(87)21-17-45)85-37-48(81-83-85)39-101-52-30-47(70(99)100-5)31-53(32-52)102-40-49-38-86(84-82-49)59(29-46-18-22-51(88)23-19-46)69(98)76-34-61(90)74-36-63(92)78-57(27-44-14-10-7-11-15-44)67(96)80-55(65(72)94)25-42(3)4/h6-23,30-32,37-38,41-42,54-59,87-88H,24-29,33-36,39-40H2,1-5H3,(H2,71,93)(H2,72,94)(H,73,89)(H,74,90)(H,75,97)(H,76,98)(H,77,91)(H,78,92)(H,79,95)(H,80,96)/t54-,55-,56-,57-,58-,59-/m0/s1. The van der Waals surface area contributed by atoms with Crippen molar-refractivity contribution in [3.63, 3.8) is 0 Å². The van der Waals surface area contributed by atoms with Gasteiger partial charge in [0.1, 0.15) is 83.9 Å². The molecule has 2 aromatic heterocycles. The van der Waals surface area contributed by atoms with Crippen LogP contribution < -0.4 is 63.5 Å². The Morgan fingerprint density at radius 2 is 0.804 bits per heavy atom. The second kappa shape index (κ2) is 38.2. The average molecular weight is 1410 g/mol. The molecule has 5 aromatic carbocycles. The largest absolute Gasteiger partial charge is 0.508 e. The zero-order valence-electron chi connectivity index (χ0n) is 56.8. The first kappa shape index (κ1) is 77.1. The highest BCUT2D eigenvalue weighted by molar-refractivity contribution is 5.95. The lowest BCUT2D eigenvalue weighted by atomic mass is 10.0. The number of esters is 1. The fraction of sp³-hybridized carbons (Fsp3) is 0.357. The summed E-state index contributed by atoms with van der Waals surface area (Å²) in [7, 11) is 1.18. The average Bonchev–Trinajstić information content (AvgIpc) is 1.67. The van der Waals surface area contributed by atoms with Crippen molar-refractivity contribution in [1.82, 2.24) is 72.5 Å². The van der Waals surface area contributed by atoms with Crippen molar-refractivity contribution in [3.8, 4) is 23.0 Å². The van der Waals surface area contributed by atoms with Gasteiger partial charge in [0.05, 0.1) is 51.2 Å². The van der Waals surface area contributed by atoms with Gasteiger partial charge in [-0.15, -0.1) is 10.2 Å². The molecule has 0 saturated carbocycles. The van der Waals surface area contributed by atoms with Gasteiger partial charge in [0.2, 0.25) is 59.1 Å². The number of methoxy groups -OCH3 is 1. The number of ether oxygens (including phenoxy) is 3. The number of carbonyl (C=O) groups is 11. The first-order chi connectivity index (χ1) is 48.8. The van der Waals surface area contributed by atoms with Gasteiger partial charge in [0, 0.05) is 31.7 Å². The Balaban J connectivity index is 0.961. The van der Waals surface area contributed by atoms with E-state index in [0.717, 1.165) is 0 Å². The number of carbonyl (C=O) groups excluding carboxylic acids is 11. The summed E-state index contributed by atoms with van der Waals surface area (Å²) < 4.78 is 19.6. The van der Waals surface area contributed by atoms with Crippen LogP contribution in [0.2, 0.25) is 0 Å². The first-order valence-corrected chi connectivity index (χ1v) is 32.6. The number of rotatable bonds is 39. The lowest BCUT2D eigenvalue weighted by Gasteiger charge is -2.23. The molecule has 0 unspecified atom stereocenters. The van der Waals surface area contributed by atoms with E-state index in [4.69, 9.17) is 25.7 Å². The van der Waals surface area contributed by atoms with Crippen molar-refractivity contribution in [1.29, 1.82) is 0 Å². The molecular formula is C70H84N16O16. The minimum absolute atomic E-state index is 0.00662. The van der Waals surface area contributed by atoms with E-state index < -0.39 is 127 Å². The maximum absolute atomic E-state index is 14.0. The van der Waals surface area contributed by atoms with Crippen molar-refractivity contribution in [2.24, 2.45) is 23.3 Å². The maximum atomic E-state index is 14.0. The predicted octanol–water partition coefficient (Wildman–Crippen LogP) is 0.745. The van der Waals surface area contributed by atoms with Gasteiger partial charge in [-0.3, -0.25) is 47.9 Å². The molecule has 0 radical (unpaired) electrons. The van der Waals surface area contributed by atoms with Gasteiger partial charge in [-0.25, -0.2) is 14.2 Å². The van der Waals surface area contributed by atoms with Crippen LogP contribution in [0.15, 0.2) is 140 Å². The van der Waals surface area contributed by atoms with Crippen LogP contribution in [-0.4, -0.2) is 163 Å². The number of aromatic hydroxyl groups is 2. The number of nitrogens with zero attached hydrogens (tertiary/aromatic N) is 6.